The van der Waals surface area contributed by atoms with Gasteiger partial charge in [0.2, 0.25) is 0 Å². The fourth-order valence-electron chi connectivity index (χ4n) is 2.08. The Bertz CT molecular complexity index is 432. The maximum absolute atomic E-state index is 2.47. The van der Waals surface area contributed by atoms with Gasteiger partial charge in [0.05, 0.1) is 0 Å². The topological polar surface area (TPSA) is 0 Å². The normalized spacial score (nSPS) is 10.6. The van der Waals surface area contributed by atoms with E-state index in [1.54, 1.807) is 0 Å². The van der Waals surface area contributed by atoms with Crippen LogP contribution in [-0.4, -0.2) is 0 Å². The number of hydrogen-bond acceptors (Lipinski definition) is 0. The van der Waals surface area contributed by atoms with Gasteiger partial charge in [-0.25, -0.2) is 0 Å². The fourth-order valence-corrected chi connectivity index (χ4v) is 2.89. The van der Waals surface area contributed by atoms with Crippen molar-refractivity contribution in [1.29, 1.82) is 0 Å². The van der Waals surface area contributed by atoms with Gasteiger partial charge in [0.25, 0.3) is 0 Å². The van der Waals surface area contributed by atoms with Crippen LogP contribution in [0.3, 0.4) is 0 Å². The van der Waals surface area contributed by atoms with Gasteiger partial charge in [-0.05, 0) is 0 Å². The van der Waals surface area contributed by atoms with Gasteiger partial charge in [0.15, 0.2) is 0 Å². The molecule has 1 heteroatoms. The molecule has 0 atom stereocenters. The van der Waals surface area contributed by atoms with Crippen molar-refractivity contribution >= 4 is 0.0410 Å². The van der Waals surface area contributed by atoms with E-state index in [1.807, 2.05) is 0 Å². The first kappa shape index (κ1) is 14.6. The zero-order chi connectivity index (χ0) is 12.6. The summed E-state index contributed by atoms with van der Waals surface area (Å²) < 4.78 is 1.40. The van der Waals surface area contributed by atoms with Gasteiger partial charge in [-0.1, -0.05) is 0 Å². The molecule has 0 radical (unpaired) electrons. The Labute approximate surface area is 132 Å². The van der Waals surface area contributed by atoms with E-state index in [2.05, 4.69) is 95.0 Å². The summed E-state index contributed by atoms with van der Waals surface area (Å²) in [5.41, 5.74) is 10.0. The molecule has 0 aromatic heterocycles. The maximum atomic E-state index is 2.47. The molecule has 0 unspecified atom stereocenters. The molecule has 0 heterocycles. The SMILES string of the molecule is CC(C)=C([XeH])c1c(C)c(C)c(C)c(C)c1C. The molecule has 90 valence electrons. The molecule has 0 N–H and O–H groups in total. The zero-order valence-corrected chi connectivity index (χ0v) is 13.5. The fraction of sp³-hybridized carbons (Fsp3) is 0.467. The van der Waals surface area contributed by atoms with Crippen LogP contribution in [0.4, 0.5) is 0 Å². The summed E-state index contributed by atoms with van der Waals surface area (Å²) in [5, 5.41) is 0. The standard InChI is InChI=1S/C15H22Xe/c1-8(2)15(16)14-12(6)10(4)9(3)11(5)13(14)7/h16H,1-7H3. The molecule has 1 rings (SSSR count). The molecule has 0 fully saturated rings. The Morgan fingerprint density at radius 3 is 1.31 bits per heavy atom. The minimum atomic E-state index is 1.40. The molecule has 0 aliphatic carbocycles. The Morgan fingerprint density at radius 1 is 0.688 bits per heavy atom. The number of allylic oxidation sites excluding steroid dienone is 1. The first-order valence-electron chi connectivity index (χ1n) is 5.69. The minimum absolute atomic E-state index is 1.40. The first-order chi connectivity index (χ1) is 7.29. The van der Waals surface area contributed by atoms with Crippen LogP contribution < -0.4 is 0 Å². The van der Waals surface area contributed by atoms with E-state index in [9.17, 15) is 0 Å². The van der Waals surface area contributed by atoms with Gasteiger partial charge in [0, 0.05) is 0 Å². The average molecular weight is 334 g/mol. The molecule has 1 aromatic carbocycles. The van der Waals surface area contributed by atoms with Crippen molar-refractivity contribution in [3.05, 3.63) is 39.0 Å². The molecule has 1 aromatic rings. The summed E-state index contributed by atoms with van der Waals surface area (Å²) in [5.74, 6) is 0. The van der Waals surface area contributed by atoms with Crippen LogP contribution in [0.25, 0.3) is 0.0410 Å². The Hall–Kier alpha value is 0.531. The van der Waals surface area contributed by atoms with Gasteiger partial charge in [-0.3, -0.25) is 0 Å². The molecule has 0 aliphatic rings. The van der Waals surface area contributed by atoms with Crippen molar-refractivity contribution in [2.45, 2.75) is 48.5 Å². The van der Waals surface area contributed by atoms with E-state index in [-0.39, 0.29) is 0 Å². The van der Waals surface area contributed by atoms with E-state index >= 15 is 0 Å². The second-order valence-corrected chi connectivity index (χ2v) is 5.89. The Balaban J connectivity index is 3.72. The van der Waals surface area contributed by atoms with Crippen molar-refractivity contribution in [3.8, 4) is 0 Å². The molecule has 0 spiro atoms. The second kappa shape index (κ2) is 5.45. The summed E-state index contributed by atoms with van der Waals surface area (Å²) in [4.78, 5) is 0. The Morgan fingerprint density at radius 2 is 1.00 bits per heavy atom. The van der Waals surface area contributed by atoms with Crippen LogP contribution in [0.5, 0.6) is 0 Å². The van der Waals surface area contributed by atoms with E-state index < -0.39 is 0 Å². The molecular weight excluding hydrogens is 311 g/mol. The molecule has 0 bridgehead atoms. The summed E-state index contributed by atoms with van der Waals surface area (Å²) >= 11 is 2.47. The molecule has 0 nitrogen and oxygen atoms in total. The number of hydrogen-bond donors (Lipinski definition) is 0. The predicted octanol–water partition coefficient (Wildman–Crippen LogP) is 4.26. The van der Waals surface area contributed by atoms with E-state index in [0.29, 0.717) is 0 Å². The van der Waals surface area contributed by atoms with E-state index in [0.717, 1.165) is 0 Å². The third-order valence-electron chi connectivity index (χ3n) is 3.66. The number of rotatable bonds is 1. The van der Waals surface area contributed by atoms with Crippen LogP contribution in [0.1, 0.15) is 47.2 Å². The molecular formula is C15H22Xe. The van der Waals surface area contributed by atoms with Crippen LogP contribution in [0, 0.1) is 81.2 Å². The summed E-state index contributed by atoms with van der Waals surface area (Å²) in [6, 6.07) is 0. The first-order valence-corrected chi connectivity index (χ1v) is 6.77. The number of benzene rings is 1. The quantitative estimate of drug-likeness (QED) is 0.720. The van der Waals surface area contributed by atoms with Crippen LogP contribution in [0.2, 0.25) is 0 Å². The van der Waals surface area contributed by atoms with Gasteiger partial charge in [-0.15, -0.1) is 0 Å². The third-order valence-corrected chi connectivity index (χ3v) is 5.28. The van der Waals surface area contributed by atoms with Crippen molar-refractivity contribution in [2.24, 2.45) is 0 Å². The summed E-state index contributed by atoms with van der Waals surface area (Å²) in [6.45, 7) is 15.5. The third kappa shape index (κ3) is 2.51. The Kier molecular flexibility index (Phi) is 4.97. The van der Waals surface area contributed by atoms with Gasteiger partial charge >= 0.3 is 134 Å². The van der Waals surface area contributed by atoms with E-state index in [1.165, 1.54) is 39.0 Å². The van der Waals surface area contributed by atoms with Gasteiger partial charge in [0.1, 0.15) is 0 Å². The predicted molar refractivity (Wildman–Crippen MR) is 69.8 cm³/mol. The van der Waals surface area contributed by atoms with Crippen molar-refractivity contribution in [1.82, 2.24) is 0 Å². The zero-order valence-electron chi connectivity index (χ0n) is 11.4. The molecule has 0 saturated heterocycles. The van der Waals surface area contributed by atoms with Gasteiger partial charge < -0.3 is 0 Å². The average Bonchev–Trinajstić information content (AvgIpc) is 2.23. The van der Waals surface area contributed by atoms with Crippen molar-refractivity contribution in [3.63, 3.8) is 0 Å². The molecule has 0 amide bonds. The second-order valence-electron chi connectivity index (χ2n) is 4.81. The van der Waals surface area contributed by atoms with Crippen LogP contribution in [-0.2, 0) is 0 Å². The van der Waals surface area contributed by atoms with Crippen molar-refractivity contribution in [2.75, 3.05) is 0 Å². The molecule has 16 heavy (non-hydrogen) atoms. The monoisotopic (exact) mass is 334 g/mol. The summed E-state index contributed by atoms with van der Waals surface area (Å²) in [7, 11) is 0. The summed E-state index contributed by atoms with van der Waals surface area (Å²) in [6.07, 6.45) is 0. The van der Waals surface area contributed by atoms with Crippen LogP contribution >= 0.6 is 0 Å². The van der Waals surface area contributed by atoms with Crippen LogP contribution in [0.15, 0.2) is 5.57 Å². The van der Waals surface area contributed by atoms with Crippen molar-refractivity contribution < 1.29 is 46.5 Å². The van der Waals surface area contributed by atoms with E-state index in [4.69, 9.17) is 0 Å². The van der Waals surface area contributed by atoms with Gasteiger partial charge in [-0.2, -0.15) is 0 Å². The molecule has 0 aliphatic heterocycles. The molecule has 0 saturated carbocycles.